The number of amides is 2. The second-order valence-electron chi connectivity index (χ2n) is 6.01. The molecule has 1 aromatic heterocycles. The highest BCUT2D eigenvalue weighted by molar-refractivity contribution is 6.00. The van der Waals surface area contributed by atoms with Crippen LogP contribution in [0.3, 0.4) is 0 Å². The van der Waals surface area contributed by atoms with Crippen LogP contribution in [0.15, 0.2) is 36.4 Å². The maximum absolute atomic E-state index is 13.0. The maximum Gasteiger partial charge on any atom is 0.422 e. The summed E-state index contributed by atoms with van der Waals surface area (Å²) in [5, 5.41) is 1.93. The van der Waals surface area contributed by atoms with Gasteiger partial charge in [-0.1, -0.05) is 0 Å². The molecule has 0 saturated carbocycles. The molecule has 0 aliphatic heterocycles. The summed E-state index contributed by atoms with van der Waals surface area (Å²) in [6.07, 6.45) is -14.5. The quantitative estimate of drug-likeness (QED) is 0.592. The highest BCUT2D eigenvalue weighted by Crippen LogP contribution is 2.33. The number of hydrogen-bond acceptors (Lipinski definition) is 3. The number of alkyl halides is 9. The zero-order chi connectivity index (χ0) is 23.6. The minimum atomic E-state index is -4.99. The van der Waals surface area contributed by atoms with E-state index in [1.807, 2.05) is 5.32 Å². The number of aromatic nitrogens is 1. The fourth-order valence-corrected chi connectivity index (χ4v) is 2.15. The molecule has 2 aromatic rings. The van der Waals surface area contributed by atoms with E-state index < -0.39 is 54.0 Å². The lowest BCUT2D eigenvalue weighted by Crippen LogP contribution is -2.31. The smallest absolute Gasteiger partial charge is 0.422 e. The van der Waals surface area contributed by atoms with E-state index in [1.54, 1.807) is 0 Å². The van der Waals surface area contributed by atoms with E-state index >= 15 is 0 Å². The molecule has 0 saturated heterocycles. The van der Waals surface area contributed by atoms with Crippen molar-refractivity contribution in [1.82, 2.24) is 4.98 Å². The summed E-state index contributed by atoms with van der Waals surface area (Å²) in [5.74, 6) is -1.82. The molecular formula is C17H12F9N3O2. The van der Waals surface area contributed by atoms with Crippen molar-refractivity contribution in [2.75, 3.05) is 23.9 Å². The Morgan fingerprint density at radius 2 is 1.48 bits per heavy atom. The zero-order valence-electron chi connectivity index (χ0n) is 15.3. The number of urea groups is 1. The normalized spacial score (nSPS) is 12.5. The highest BCUT2D eigenvalue weighted by atomic mass is 19.4. The Morgan fingerprint density at radius 3 is 1.97 bits per heavy atom. The van der Waals surface area contributed by atoms with Crippen LogP contribution in [-0.4, -0.2) is 30.8 Å². The van der Waals surface area contributed by atoms with Gasteiger partial charge in [0.15, 0.2) is 6.61 Å². The molecule has 0 unspecified atom stereocenters. The molecule has 0 radical (unpaired) electrons. The Kier molecular flexibility index (Phi) is 6.61. The number of halogens is 9. The minimum Gasteiger partial charge on any atom is -0.468 e. The fraction of sp³-hybridized carbons (Fsp3) is 0.294. The molecular weight excluding hydrogens is 449 g/mol. The summed E-state index contributed by atoms with van der Waals surface area (Å²) in [6, 6.07) is 2.73. The Morgan fingerprint density at radius 1 is 0.935 bits per heavy atom. The van der Waals surface area contributed by atoms with Crippen LogP contribution < -0.4 is 15.0 Å². The average Bonchev–Trinajstić information content (AvgIpc) is 2.63. The van der Waals surface area contributed by atoms with Gasteiger partial charge in [0.05, 0.1) is 11.1 Å². The van der Waals surface area contributed by atoms with Crippen molar-refractivity contribution >= 4 is 17.5 Å². The van der Waals surface area contributed by atoms with Crippen LogP contribution in [-0.2, 0) is 12.4 Å². The summed E-state index contributed by atoms with van der Waals surface area (Å²) >= 11 is 0. The molecule has 2 amide bonds. The van der Waals surface area contributed by atoms with Gasteiger partial charge < -0.3 is 4.74 Å². The van der Waals surface area contributed by atoms with Crippen molar-refractivity contribution in [3.05, 3.63) is 47.5 Å². The second kappa shape index (κ2) is 8.51. The number of anilines is 2. The largest absolute Gasteiger partial charge is 0.468 e. The van der Waals surface area contributed by atoms with E-state index in [1.165, 1.54) is 0 Å². The van der Waals surface area contributed by atoms with Gasteiger partial charge in [-0.3, -0.25) is 10.2 Å². The second-order valence-corrected chi connectivity index (χ2v) is 6.01. The van der Waals surface area contributed by atoms with Gasteiger partial charge in [0.2, 0.25) is 5.88 Å². The van der Waals surface area contributed by atoms with E-state index in [0.29, 0.717) is 18.2 Å². The Labute approximate surface area is 168 Å². The van der Waals surface area contributed by atoms with E-state index in [-0.39, 0.29) is 11.8 Å². The van der Waals surface area contributed by atoms with Crippen LogP contribution in [0.2, 0.25) is 0 Å². The number of carbonyl (C=O) groups excluding carboxylic acids is 1. The molecule has 0 bridgehead atoms. The number of pyridine rings is 1. The van der Waals surface area contributed by atoms with Crippen molar-refractivity contribution in [3.8, 4) is 5.88 Å². The number of hydrogen-bond donors (Lipinski definition) is 1. The molecule has 0 aliphatic rings. The molecule has 5 nitrogen and oxygen atoms in total. The van der Waals surface area contributed by atoms with Crippen molar-refractivity contribution in [2.45, 2.75) is 18.5 Å². The van der Waals surface area contributed by atoms with Crippen molar-refractivity contribution in [3.63, 3.8) is 0 Å². The molecule has 1 heterocycles. The molecule has 1 N–H and O–H groups in total. The van der Waals surface area contributed by atoms with Crippen LogP contribution in [0.1, 0.15) is 11.1 Å². The van der Waals surface area contributed by atoms with Crippen molar-refractivity contribution < 1.29 is 49.0 Å². The first-order valence-corrected chi connectivity index (χ1v) is 8.07. The maximum atomic E-state index is 13.0. The molecule has 2 rings (SSSR count). The standard InChI is InChI=1S/C17H12F9N3O2/c1-29(11-4-2-9(3-5-11)16(21,22)23)14(30)28-12-6-10(17(24,25)26)7-13(27-12)31-8-15(18,19)20/h2-7H,8H2,1H3,(H,27,28,30). The molecule has 170 valence electrons. The van der Waals surface area contributed by atoms with Gasteiger partial charge >= 0.3 is 24.6 Å². The van der Waals surface area contributed by atoms with Gasteiger partial charge in [-0.2, -0.15) is 44.5 Å². The lowest BCUT2D eigenvalue weighted by Gasteiger charge is -2.19. The van der Waals surface area contributed by atoms with Gasteiger partial charge in [-0.15, -0.1) is 0 Å². The molecule has 0 spiro atoms. The fourth-order valence-electron chi connectivity index (χ4n) is 2.15. The number of carbonyl (C=O) groups is 1. The summed E-state index contributed by atoms with van der Waals surface area (Å²) in [5.41, 5.74) is -2.48. The van der Waals surface area contributed by atoms with Gasteiger partial charge in [0, 0.05) is 18.8 Å². The van der Waals surface area contributed by atoms with Crippen LogP contribution in [0.5, 0.6) is 5.88 Å². The SMILES string of the molecule is CN(C(=O)Nc1cc(C(F)(F)F)cc(OCC(F)(F)F)n1)c1ccc(C(F)(F)F)cc1. The zero-order valence-corrected chi connectivity index (χ0v) is 15.3. The van der Waals surface area contributed by atoms with Crippen molar-refractivity contribution in [1.29, 1.82) is 0 Å². The first-order chi connectivity index (χ1) is 14.1. The van der Waals surface area contributed by atoms with Gasteiger partial charge in [-0.05, 0) is 30.3 Å². The number of benzene rings is 1. The number of rotatable bonds is 4. The van der Waals surface area contributed by atoms with E-state index in [4.69, 9.17) is 0 Å². The summed E-state index contributed by atoms with van der Waals surface area (Å²) in [7, 11) is 1.10. The number of nitrogens with zero attached hydrogens (tertiary/aromatic N) is 2. The van der Waals surface area contributed by atoms with Crippen molar-refractivity contribution in [2.24, 2.45) is 0 Å². The lowest BCUT2D eigenvalue weighted by atomic mass is 10.2. The van der Waals surface area contributed by atoms with Crippen LogP contribution in [0, 0.1) is 0 Å². The highest BCUT2D eigenvalue weighted by Gasteiger charge is 2.34. The summed E-state index contributed by atoms with van der Waals surface area (Å²) in [6.45, 7) is -1.92. The first-order valence-electron chi connectivity index (χ1n) is 8.07. The van der Waals surface area contributed by atoms with E-state index in [0.717, 1.165) is 24.1 Å². The number of nitrogens with one attached hydrogen (secondary N) is 1. The topological polar surface area (TPSA) is 54.5 Å². The third-order valence-corrected chi connectivity index (χ3v) is 3.63. The third kappa shape index (κ3) is 6.93. The monoisotopic (exact) mass is 461 g/mol. The summed E-state index contributed by atoms with van der Waals surface area (Å²) < 4.78 is 118. The Hall–Kier alpha value is -3.19. The first kappa shape index (κ1) is 24.1. The Balaban J connectivity index is 2.24. The third-order valence-electron chi connectivity index (χ3n) is 3.63. The average molecular weight is 461 g/mol. The van der Waals surface area contributed by atoms with Crippen LogP contribution >= 0.6 is 0 Å². The van der Waals surface area contributed by atoms with Crippen LogP contribution in [0.25, 0.3) is 0 Å². The predicted molar refractivity (Wildman–Crippen MR) is 89.7 cm³/mol. The molecule has 0 fully saturated rings. The molecule has 0 atom stereocenters. The molecule has 1 aromatic carbocycles. The minimum absolute atomic E-state index is 0.0500. The lowest BCUT2D eigenvalue weighted by molar-refractivity contribution is -0.154. The number of ether oxygens (including phenoxy) is 1. The van der Waals surface area contributed by atoms with Gasteiger partial charge in [0.25, 0.3) is 0 Å². The van der Waals surface area contributed by atoms with Crippen LogP contribution in [0.4, 0.5) is 55.8 Å². The van der Waals surface area contributed by atoms with E-state index in [2.05, 4.69) is 9.72 Å². The summed E-state index contributed by atoms with van der Waals surface area (Å²) in [4.78, 5) is 16.4. The Bertz CT molecular complexity index is 922. The van der Waals surface area contributed by atoms with E-state index in [9.17, 15) is 44.3 Å². The molecule has 0 aliphatic carbocycles. The predicted octanol–water partition coefficient (Wildman–Crippen LogP) is 5.73. The van der Waals surface area contributed by atoms with Gasteiger partial charge in [-0.25, -0.2) is 4.79 Å². The molecule has 31 heavy (non-hydrogen) atoms. The van der Waals surface area contributed by atoms with Gasteiger partial charge in [0.1, 0.15) is 5.82 Å². The molecule has 14 heteroatoms.